The molecule has 4 N–H and O–H groups in total. The number of hydrogen-bond donors (Lipinski definition) is 4. The summed E-state index contributed by atoms with van der Waals surface area (Å²) in [6.45, 7) is 1.82. The van der Waals surface area contributed by atoms with E-state index >= 15 is 0 Å². The molecule has 0 aromatic carbocycles. The van der Waals surface area contributed by atoms with Crippen molar-refractivity contribution in [3.8, 4) is 12.3 Å². The van der Waals surface area contributed by atoms with E-state index in [0.29, 0.717) is 12.1 Å². The van der Waals surface area contributed by atoms with Gasteiger partial charge in [0, 0.05) is 18.3 Å². The summed E-state index contributed by atoms with van der Waals surface area (Å²) >= 11 is 0. The molecule has 1 rings (SSSR count). The minimum absolute atomic E-state index is 0.121. The molecule has 1 aromatic heterocycles. The predicted molar refractivity (Wildman–Crippen MR) is 68.3 cm³/mol. The molecule has 7 heteroatoms. The van der Waals surface area contributed by atoms with Gasteiger partial charge in [-0.1, -0.05) is 12.8 Å². The molecule has 1 unspecified atom stereocenters. The summed E-state index contributed by atoms with van der Waals surface area (Å²) in [5.74, 6) is 1.27. The molecule has 0 aliphatic rings. The Balaban J connectivity index is 2.57. The van der Waals surface area contributed by atoms with Crippen molar-refractivity contribution in [2.75, 3.05) is 0 Å². The van der Waals surface area contributed by atoms with E-state index in [9.17, 15) is 9.59 Å². The van der Waals surface area contributed by atoms with Crippen molar-refractivity contribution in [1.29, 1.82) is 0 Å². The Kier molecular flexibility index (Phi) is 5.41. The van der Waals surface area contributed by atoms with Crippen LogP contribution in [0.4, 0.5) is 4.79 Å². The third-order valence-corrected chi connectivity index (χ3v) is 2.50. The number of amides is 2. The number of aromatic nitrogens is 2. The first kappa shape index (κ1) is 14.6. The van der Waals surface area contributed by atoms with E-state index in [1.807, 2.05) is 6.92 Å². The van der Waals surface area contributed by atoms with E-state index in [1.54, 1.807) is 0 Å². The Morgan fingerprint density at radius 1 is 1.58 bits per heavy atom. The highest BCUT2D eigenvalue weighted by atomic mass is 16.4. The van der Waals surface area contributed by atoms with Crippen LogP contribution in [0.25, 0.3) is 0 Å². The van der Waals surface area contributed by atoms with Crippen LogP contribution < -0.4 is 10.6 Å². The monoisotopic (exact) mass is 264 g/mol. The molecule has 0 radical (unpaired) electrons. The van der Waals surface area contributed by atoms with Crippen LogP contribution in [0.3, 0.4) is 0 Å². The molecule has 2 atom stereocenters. The molecule has 19 heavy (non-hydrogen) atoms. The van der Waals surface area contributed by atoms with Crippen molar-refractivity contribution in [2.45, 2.75) is 31.8 Å². The number of carboxylic acid groups (broad SMARTS) is 1. The molecule has 0 saturated carbocycles. The van der Waals surface area contributed by atoms with Gasteiger partial charge >= 0.3 is 12.0 Å². The van der Waals surface area contributed by atoms with E-state index in [4.69, 9.17) is 11.5 Å². The zero-order valence-corrected chi connectivity index (χ0v) is 10.5. The van der Waals surface area contributed by atoms with Crippen LogP contribution in [0.5, 0.6) is 0 Å². The third-order valence-electron chi connectivity index (χ3n) is 2.50. The van der Waals surface area contributed by atoms with Crippen molar-refractivity contribution in [3.63, 3.8) is 0 Å². The number of carbonyl (C=O) groups excluding carboxylic acids is 1. The number of H-pyrrole nitrogens is 1. The maximum atomic E-state index is 11.6. The van der Waals surface area contributed by atoms with Gasteiger partial charge in [0.1, 0.15) is 6.04 Å². The number of terminal acetylenes is 1. The number of aromatic amines is 1. The quantitative estimate of drug-likeness (QED) is 0.547. The highest BCUT2D eigenvalue weighted by Crippen LogP contribution is 1.99. The van der Waals surface area contributed by atoms with E-state index in [-0.39, 0.29) is 6.42 Å². The summed E-state index contributed by atoms with van der Waals surface area (Å²) in [4.78, 5) is 29.2. The number of rotatable bonds is 6. The number of carbonyl (C=O) groups is 2. The van der Waals surface area contributed by atoms with E-state index in [2.05, 4.69) is 26.5 Å². The lowest BCUT2D eigenvalue weighted by molar-refractivity contribution is -0.139. The second-order valence-corrected chi connectivity index (χ2v) is 3.92. The molecule has 1 aromatic rings. The molecular formula is C12H16N4O3. The first-order valence-electron chi connectivity index (χ1n) is 5.80. The summed E-state index contributed by atoms with van der Waals surface area (Å²) in [7, 11) is 0. The van der Waals surface area contributed by atoms with Gasteiger partial charge in [0.05, 0.1) is 12.4 Å². The van der Waals surface area contributed by atoms with Crippen molar-refractivity contribution in [1.82, 2.24) is 20.6 Å². The van der Waals surface area contributed by atoms with Crippen LogP contribution in [0.2, 0.25) is 0 Å². The molecule has 0 spiro atoms. The standard InChI is InChI=1S/C12H16N4O3/c1-3-8(4-2)15-12(19)16-10(11(17)18)5-9-6-13-7-14-9/h1,6-8,10H,4-5H2,2H3,(H,13,14)(H,17,18)(H2,15,16,19)/t8?,10-/m0/s1. The SMILES string of the molecule is C#CC(CC)NC(=O)N[C@@H](Cc1cnc[nH]1)C(=O)O. The molecule has 7 nitrogen and oxygen atoms in total. The third kappa shape index (κ3) is 4.71. The highest BCUT2D eigenvalue weighted by Gasteiger charge is 2.21. The minimum Gasteiger partial charge on any atom is -0.480 e. The van der Waals surface area contributed by atoms with Crippen molar-refractivity contribution in [2.24, 2.45) is 0 Å². The van der Waals surface area contributed by atoms with E-state index in [0.717, 1.165) is 0 Å². The van der Waals surface area contributed by atoms with Gasteiger partial charge in [0.15, 0.2) is 0 Å². The molecule has 0 aliphatic heterocycles. The van der Waals surface area contributed by atoms with Crippen LogP contribution in [0.1, 0.15) is 19.0 Å². The van der Waals surface area contributed by atoms with Gasteiger partial charge in [-0.3, -0.25) is 0 Å². The van der Waals surface area contributed by atoms with Crippen molar-refractivity contribution in [3.05, 3.63) is 18.2 Å². The number of nitrogens with zero attached hydrogens (tertiary/aromatic N) is 1. The van der Waals surface area contributed by atoms with E-state index < -0.39 is 24.1 Å². The first-order valence-corrected chi connectivity index (χ1v) is 5.80. The lowest BCUT2D eigenvalue weighted by Gasteiger charge is -2.16. The Morgan fingerprint density at radius 3 is 2.79 bits per heavy atom. The Morgan fingerprint density at radius 2 is 2.32 bits per heavy atom. The number of aliphatic carboxylic acids is 1. The summed E-state index contributed by atoms with van der Waals surface area (Å²) < 4.78 is 0. The number of urea groups is 1. The Bertz CT molecular complexity index is 464. The Labute approximate surface area is 110 Å². The van der Waals surface area contributed by atoms with Crippen LogP contribution in [-0.4, -0.2) is 39.2 Å². The topological polar surface area (TPSA) is 107 Å². The van der Waals surface area contributed by atoms with Crippen LogP contribution >= 0.6 is 0 Å². The van der Waals surface area contributed by atoms with Crippen molar-refractivity contribution >= 4 is 12.0 Å². The number of nitrogens with one attached hydrogen (secondary N) is 3. The van der Waals surface area contributed by atoms with E-state index in [1.165, 1.54) is 12.5 Å². The van der Waals surface area contributed by atoms with Gasteiger partial charge in [0.25, 0.3) is 0 Å². The van der Waals surface area contributed by atoms with Gasteiger partial charge in [-0.25, -0.2) is 14.6 Å². The molecule has 0 saturated heterocycles. The summed E-state index contributed by atoms with van der Waals surface area (Å²) in [5.41, 5.74) is 0.622. The molecule has 0 bridgehead atoms. The second kappa shape index (κ2) is 7.06. The largest absolute Gasteiger partial charge is 0.480 e. The Hall–Kier alpha value is -2.49. The van der Waals surface area contributed by atoms with Gasteiger partial charge in [0.2, 0.25) is 0 Å². The second-order valence-electron chi connectivity index (χ2n) is 3.92. The zero-order chi connectivity index (χ0) is 14.3. The van der Waals surface area contributed by atoms with Gasteiger partial charge in [-0.15, -0.1) is 6.42 Å². The average Bonchev–Trinajstić information content (AvgIpc) is 2.87. The highest BCUT2D eigenvalue weighted by molar-refractivity contribution is 5.83. The van der Waals surface area contributed by atoms with Crippen molar-refractivity contribution < 1.29 is 14.7 Å². The maximum Gasteiger partial charge on any atom is 0.326 e. The molecule has 0 fully saturated rings. The first-order chi connectivity index (χ1) is 9.06. The number of imidazole rings is 1. The summed E-state index contributed by atoms with van der Waals surface area (Å²) in [6.07, 6.45) is 8.85. The minimum atomic E-state index is -1.13. The van der Waals surface area contributed by atoms with Crippen LogP contribution in [0.15, 0.2) is 12.5 Å². The summed E-state index contributed by atoms with van der Waals surface area (Å²) in [6, 6.07) is -2.06. The summed E-state index contributed by atoms with van der Waals surface area (Å²) in [5, 5.41) is 13.9. The van der Waals surface area contributed by atoms with Gasteiger partial charge < -0.3 is 20.7 Å². The smallest absolute Gasteiger partial charge is 0.326 e. The van der Waals surface area contributed by atoms with Crippen LogP contribution in [0, 0.1) is 12.3 Å². The maximum absolute atomic E-state index is 11.6. The molecule has 102 valence electrons. The lowest BCUT2D eigenvalue weighted by Crippen LogP contribution is -2.49. The van der Waals surface area contributed by atoms with Gasteiger partial charge in [-0.2, -0.15) is 0 Å². The predicted octanol–water partition coefficient (Wildman–Crippen LogP) is 0.116. The molecule has 0 aliphatic carbocycles. The fourth-order valence-corrected chi connectivity index (χ4v) is 1.44. The number of hydrogen-bond acceptors (Lipinski definition) is 3. The zero-order valence-electron chi connectivity index (χ0n) is 10.5. The molecule has 2 amide bonds. The molecular weight excluding hydrogens is 248 g/mol. The van der Waals surface area contributed by atoms with Crippen LogP contribution in [-0.2, 0) is 11.2 Å². The molecule has 1 heterocycles. The fourth-order valence-electron chi connectivity index (χ4n) is 1.44. The van der Waals surface area contributed by atoms with Gasteiger partial charge in [-0.05, 0) is 6.42 Å². The lowest BCUT2D eigenvalue weighted by atomic mass is 10.1. The average molecular weight is 264 g/mol. The number of carboxylic acids is 1. The fraction of sp³-hybridized carbons (Fsp3) is 0.417. The normalized spacial score (nSPS) is 13.1.